The van der Waals surface area contributed by atoms with Crippen LogP contribution in [0.15, 0.2) is 36.4 Å². The van der Waals surface area contributed by atoms with Gasteiger partial charge in [-0.3, -0.25) is 0 Å². The first kappa shape index (κ1) is 19.1. The Morgan fingerprint density at radius 1 is 1.00 bits per heavy atom. The topological polar surface area (TPSA) is 110 Å². The first-order valence-corrected chi connectivity index (χ1v) is 8.07. The molecular weight excluding hydrogens is 324 g/mol. The molecule has 0 radical (unpaired) electrons. The van der Waals surface area contributed by atoms with Crippen LogP contribution in [0.25, 0.3) is 0 Å². The number of phenols is 2. The lowest BCUT2D eigenvalue weighted by molar-refractivity contribution is 0.0619. The zero-order valence-corrected chi connectivity index (χ0v) is 14.1. The lowest BCUT2D eigenvalue weighted by Gasteiger charge is -2.22. The van der Waals surface area contributed by atoms with E-state index in [9.17, 15) is 25.5 Å². The molecule has 0 bridgehead atoms. The summed E-state index contributed by atoms with van der Waals surface area (Å²) in [4.78, 5) is 0. The molecule has 0 aliphatic heterocycles. The van der Waals surface area contributed by atoms with Crippen molar-refractivity contribution in [3.8, 4) is 17.2 Å². The summed E-state index contributed by atoms with van der Waals surface area (Å²) in [5.74, 6) is 0.00130. The van der Waals surface area contributed by atoms with E-state index in [2.05, 4.69) is 0 Å². The Hall–Kier alpha value is -2.28. The molecule has 0 aliphatic carbocycles. The summed E-state index contributed by atoms with van der Waals surface area (Å²) in [5, 5.41) is 48.6. The minimum absolute atomic E-state index is 0.0322. The summed E-state index contributed by atoms with van der Waals surface area (Å²) in [5.41, 5.74) is 1.78. The molecule has 0 fully saturated rings. The van der Waals surface area contributed by atoms with Crippen LogP contribution in [0.1, 0.15) is 29.2 Å². The first-order chi connectivity index (χ1) is 12.0. The van der Waals surface area contributed by atoms with Gasteiger partial charge in [-0.25, -0.2) is 0 Å². The molecule has 0 heterocycles. The Labute approximate surface area is 146 Å². The van der Waals surface area contributed by atoms with Crippen LogP contribution in [0.3, 0.4) is 0 Å². The number of rotatable bonds is 8. The second-order valence-electron chi connectivity index (χ2n) is 5.98. The number of aryl methyl sites for hydroxylation is 1. The molecule has 0 spiro atoms. The minimum Gasteiger partial charge on any atom is -0.508 e. The Morgan fingerprint density at radius 2 is 1.72 bits per heavy atom. The molecule has 5 N–H and O–H groups in total. The van der Waals surface area contributed by atoms with Crippen molar-refractivity contribution in [2.75, 3.05) is 13.7 Å². The average Bonchev–Trinajstić information content (AvgIpc) is 2.63. The van der Waals surface area contributed by atoms with E-state index in [1.807, 2.05) is 0 Å². The average molecular weight is 348 g/mol. The summed E-state index contributed by atoms with van der Waals surface area (Å²) >= 11 is 0. The number of ether oxygens (including phenoxy) is 1. The van der Waals surface area contributed by atoms with E-state index in [0.29, 0.717) is 29.7 Å². The maximum absolute atomic E-state index is 10.5. The molecule has 25 heavy (non-hydrogen) atoms. The molecule has 2 atom stereocenters. The summed E-state index contributed by atoms with van der Waals surface area (Å²) in [6.45, 7) is -0.533. The van der Waals surface area contributed by atoms with Crippen LogP contribution in [-0.2, 0) is 13.0 Å². The fourth-order valence-electron chi connectivity index (χ4n) is 2.77. The van der Waals surface area contributed by atoms with E-state index < -0.39 is 12.0 Å². The number of phenolic OH excluding ortho intramolecular Hbond substituents is 1. The van der Waals surface area contributed by atoms with E-state index in [1.54, 1.807) is 24.3 Å². The van der Waals surface area contributed by atoms with Crippen LogP contribution in [-0.4, -0.2) is 39.2 Å². The monoisotopic (exact) mass is 348 g/mol. The molecule has 1 unspecified atom stereocenters. The molecule has 2 rings (SSSR count). The molecule has 2 aromatic carbocycles. The van der Waals surface area contributed by atoms with E-state index in [4.69, 9.17) is 4.74 Å². The summed E-state index contributed by atoms with van der Waals surface area (Å²) < 4.78 is 5.08. The number of hydrogen-bond acceptors (Lipinski definition) is 6. The molecule has 2 aromatic rings. The largest absolute Gasteiger partial charge is 0.508 e. The lowest BCUT2D eigenvalue weighted by atomic mass is 9.90. The highest BCUT2D eigenvalue weighted by Crippen LogP contribution is 2.31. The van der Waals surface area contributed by atoms with E-state index in [0.717, 1.165) is 5.56 Å². The predicted octanol–water partition coefficient (Wildman–Crippen LogP) is 1.87. The van der Waals surface area contributed by atoms with Gasteiger partial charge in [0, 0.05) is 18.1 Å². The van der Waals surface area contributed by atoms with E-state index in [-0.39, 0.29) is 24.7 Å². The molecule has 6 heteroatoms. The van der Waals surface area contributed by atoms with Crippen LogP contribution in [0.5, 0.6) is 17.2 Å². The van der Waals surface area contributed by atoms with Gasteiger partial charge in [0.1, 0.15) is 5.75 Å². The minimum atomic E-state index is -0.921. The molecule has 136 valence electrons. The molecule has 0 aromatic heterocycles. The van der Waals surface area contributed by atoms with Gasteiger partial charge >= 0.3 is 0 Å². The van der Waals surface area contributed by atoms with Crippen molar-refractivity contribution >= 4 is 0 Å². The summed E-state index contributed by atoms with van der Waals surface area (Å²) in [7, 11) is 1.47. The van der Waals surface area contributed by atoms with Crippen molar-refractivity contribution in [2.45, 2.75) is 25.6 Å². The zero-order chi connectivity index (χ0) is 18.4. The summed E-state index contributed by atoms with van der Waals surface area (Å²) in [6.07, 6.45) is 0.181. The molecule has 6 nitrogen and oxygen atoms in total. The number of hydrogen-bond donors (Lipinski definition) is 5. The maximum Gasteiger partial charge on any atom is 0.160 e. The van der Waals surface area contributed by atoms with Gasteiger partial charge in [0.2, 0.25) is 0 Å². The van der Waals surface area contributed by atoms with Gasteiger partial charge in [-0.05, 0) is 48.2 Å². The second kappa shape index (κ2) is 8.71. The van der Waals surface area contributed by atoms with Gasteiger partial charge in [-0.15, -0.1) is 0 Å². The van der Waals surface area contributed by atoms with Crippen LogP contribution in [0, 0.1) is 5.92 Å². The Balaban J connectivity index is 2.09. The normalized spacial score (nSPS) is 13.4. The highest BCUT2D eigenvalue weighted by Gasteiger charge is 2.21. The Bertz CT molecular complexity index is 700. The third kappa shape index (κ3) is 4.63. The molecule has 0 saturated carbocycles. The predicted molar refractivity (Wildman–Crippen MR) is 92.5 cm³/mol. The third-order valence-electron chi connectivity index (χ3n) is 4.34. The number of methoxy groups -OCH3 is 1. The standard InChI is InChI=1S/C19H24O6/c1-25-18-8-12(3-6-17(18)23)2-4-14(10-20)19(24)13-5-7-16(22)15(9-13)11-21/h3,5-9,14,19-24H,2,4,10-11H2,1H3/t14?,19-/m0/s1. The zero-order valence-electron chi connectivity index (χ0n) is 14.1. The molecule has 0 saturated heterocycles. The summed E-state index contributed by atoms with van der Waals surface area (Å²) in [6, 6.07) is 9.57. The highest BCUT2D eigenvalue weighted by molar-refractivity contribution is 5.42. The second-order valence-corrected chi connectivity index (χ2v) is 5.98. The molecule has 0 amide bonds. The van der Waals surface area contributed by atoms with Crippen LogP contribution in [0.4, 0.5) is 0 Å². The maximum atomic E-state index is 10.5. The molecular formula is C19H24O6. The number of aliphatic hydroxyl groups is 3. The number of aromatic hydroxyl groups is 2. The van der Waals surface area contributed by atoms with E-state index in [1.165, 1.54) is 19.2 Å². The Kier molecular flexibility index (Phi) is 6.64. The van der Waals surface area contributed by atoms with Crippen LogP contribution < -0.4 is 4.74 Å². The van der Waals surface area contributed by atoms with Gasteiger partial charge in [0.15, 0.2) is 11.5 Å². The fourth-order valence-corrected chi connectivity index (χ4v) is 2.77. The van der Waals surface area contributed by atoms with Gasteiger partial charge in [-0.2, -0.15) is 0 Å². The van der Waals surface area contributed by atoms with Crippen molar-refractivity contribution in [3.05, 3.63) is 53.1 Å². The smallest absolute Gasteiger partial charge is 0.160 e. The van der Waals surface area contributed by atoms with Crippen molar-refractivity contribution in [1.82, 2.24) is 0 Å². The van der Waals surface area contributed by atoms with Gasteiger partial charge < -0.3 is 30.3 Å². The van der Waals surface area contributed by atoms with Gasteiger partial charge in [0.25, 0.3) is 0 Å². The lowest BCUT2D eigenvalue weighted by Crippen LogP contribution is -2.18. The van der Waals surface area contributed by atoms with Crippen LogP contribution >= 0.6 is 0 Å². The number of aliphatic hydroxyl groups excluding tert-OH is 3. The first-order valence-electron chi connectivity index (χ1n) is 8.07. The Morgan fingerprint density at radius 3 is 2.36 bits per heavy atom. The van der Waals surface area contributed by atoms with Gasteiger partial charge in [-0.1, -0.05) is 12.1 Å². The van der Waals surface area contributed by atoms with Crippen molar-refractivity contribution in [1.29, 1.82) is 0 Å². The highest BCUT2D eigenvalue weighted by atomic mass is 16.5. The quantitative estimate of drug-likeness (QED) is 0.498. The van der Waals surface area contributed by atoms with Crippen LogP contribution in [0.2, 0.25) is 0 Å². The third-order valence-corrected chi connectivity index (χ3v) is 4.34. The van der Waals surface area contributed by atoms with Crippen molar-refractivity contribution < 1.29 is 30.3 Å². The van der Waals surface area contributed by atoms with Crippen molar-refractivity contribution in [2.24, 2.45) is 5.92 Å². The van der Waals surface area contributed by atoms with Crippen molar-refractivity contribution in [3.63, 3.8) is 0 Å². The fraction of sp³-hybridized carbons (Fsp3) is 0.368. The number of benzene rings is 2. The SMILES string of the molecule is COc1cc(CCC(CO)[C@@H](O)c2ccc(O)c(CO)c2)ccc1O. The van der Waals surface area contributed by atoms with E-state index >= 15 is 0 Å². The molecule has 0 aliphatic rings. The van der Waals surface area contributed by atoms with Gasteiger partial charge in [0.05, 0.1) is 19.8 Å².